The normalized spacial score (nSPS) is 16.5. The van der Waals surface area contributed by atoms with Crippen molar-refractivity contribution in [1.82, 2.24) is 14.5 Å². The van der Waals surface area contributed by atoms with E-state index in [1.165, 1.54) is 27.6 Å². The van der Waals surface area contributed by atoms with Crippen LogP contribution in [-0.2, 0) is 24.3 Å². The molecule has 2 aromatic carbocycles. The van der Waals surface area contributed by atoms with Gasteiger partial charge in [0, 0.05) is 37.4 Å². The number of fused-ring (bicyclic) bond motifs is 2. The van der Waals surface area contributed by atoms with E-state index in [9.17, 15) is 4.79 Å². The Bertz CT molecular complexity index is 949. The van der Waals surface area contributed by atoms with Gasteiger partial charge < -0.3 is 9.47 Å². The fraction of sp³-hybridized carbons (Fsp3) is 0.333. The first-order chi connectivity index (χ1) is 12.7. The van der Waals surface area contributed by atoms with Crippen LogP contribution in [0.2, 0.25) is 0 Å². The Labute approximate surface area is 158 Å². The maximum Gasteiger partial charge on any atom is 0.238 e. The van der Waals surface area contributed by atoms with Crippen LogP contribution in [0.25, 0.3) is 10.8 Å². The molecular weight excluding hydrogens is 346 g/mol. The summed E-state index contributed by atoms with van der Waals surface area (Å²) in [5.41, 5.74) is 3.60. The zero-order valence-corrected chi connectivity index (χ0v) is 15.6. The summed E-state index contributed by atoms with van der Waals surface area (Å²) in [5, 5.41) is 2.47. The lowest BCUT2D eigenvalue weighted by molar-refractivity contribution is -0.131. The largest absolute Gasteiger partial charge is 0.334 e. The van der Waals surface area contributed by atoms with E-state index in [0.29, 0.717) is 6.54 Å². The molecule has 0 saturated heterocycles. The summed E-state index contributed by atoms with van der Waals surface area (Å²) in [6, 6.07) is 12.8. The molecule has 134 valence electrons. The Balaban J connectivity index is 1.64. The summed E-state index contributed by atoms with van der Waals surface area (Å²) >= 11 is 5.94. The predicted octanol–water partition coefficient (Wildman–Crippen LogP) is 3.93. The molecule has 1 atom stereocenters. The van der Waals surface area contributed by atoms with E-state index < -0.39 is 0 Å². The number of aromatic nitrogens is 2. The zero-order chi connectivity index (χ0) is 18.1. The van der Waals surface area contributed by atoms with E-state index in [0.717, 1.165) is 19.4 Å². The van der Waals surface area contributed by atoms with Gasteiger partial charge in [-0.2, -0.15) is 0 Å². The van der Waals surface area contributed by atoms with Gasteiger partial charge in [0.1, 0.15) is 5.88 Å². The number of aryl methyl sites for hydroxylation is 2. The molecule has 0 spiro atoms. The van der Waals surface area contributed by atoms with E-state index in [-0.39, 0.29) is 17.8 Å². The van der Waals surface area contributed by atoms with Crippen molar-refractivity contribution in [2.45, 2.75) is 38.9 Å². The molecule has 0 N–H and O–H groups in total. The van der Waals surface area contributed by atoms with Crippen molar-refractivity contribution in [2.24, 2.45) is 0 Å². The second-order valence-electron chi connectivity index (χ2n) is 6.95. The highest BCUT2D eigenvalue weighted by Gasteiger charge is 2.28. The molecule has 26 heavy (non-hydrogen) atoms. The number of hydrogen-bond donors (Lipinski definition) is 0. The van der Waals surface area contributed by atoms with Crippen molar-refractivity contribution in [3.63, 3.8) is 0 Å². The average molecular weight is 368 g/mol. The second-order valence-corrected chi connectivity index (χ2v) is 7.22. The van der Waals surface area contributed by atoms with Gasteiger partial charge in [-0.3, -0.25) is 4.79 Å². The van der Waals surface area contributed by atoms with Crippen LogP contribution in [0.1, 0.15) is 23.2 Å². The van der Waals surface area contributed by atoms with Gasteiger partial charge in [-0.05, 0) is 35.2 Å². The molecule has 1 aliphatic heterocycles. The third-order valence-electron chi connectivity index (χ3n) is 5.47. The molecule has 3 aromatic rings. The number of halogens is 1. The van der Waals surface area contributed by atoms with E-state index in [4.69, 9.17) is 11.6 Å². The molecule has 2 heterocycles. The highest BCUT2D eigenvalue weighted by atomic mass is 35.5. The quantitative estimate of drug-likeness (QED) is 0.655. The van der Waals surface area contributed by atoms with Crippen molar-refractivity contribution in [3.8, 4) is 0 Å². The van der Waals surface area contributed by atoms with E-state index in [1.54, 1.807) is 0 Å². The van der Waals surface area contributed by atoms with Crippen LogP contribution in [0.4, 0.5) is 0 Å². The maximum atomic E-state index is 12.6. The summed E-state index contributed by atoms with van der Waals surface area (Å²) in [4.78, 5) is 18.8. The highest BCUT2D eigenvalue weighted by molar-refractivity contribution is 6.27. The van der Waals surface area contributed by atoms with Crippen LogP contribution in [0.5, 0.6) is 0 Å². The summed E-state index contributed by atoms with van der Waals surface area (Å²) < 4.78 is 2.17. The molecule has 1 unspecified atom stereocenters. The summed E-state index contributed by atoms with van der Waals surface area (Å²) in [7, 11) is 0. The molecule has 4 rings (SSSR count). The molecule has 4 nitrogen and oxygen atoms in total. The predicted molar refractivity (Wildman–Crippen MR) is 104 cm³/mol. The minimum atomic E-state index is -0.00260. The summed E-state index contributed by atoms with van der Waals surface area (Å²) in [5.74, 6) is 0.0137. The number of amides is 1. The van der Waals surface area contributed by atoms with Gasteiger partial charge in [-0.15, -0.1) is 11.6 Å². The molecule has 0 radical (unpaired) electrons. The molecule has 0 saturated carbocycles. The van der Waals surface area contributed by atoms with Gasteiger partial charge in [-0.25, -0.2) is 4.98 Å². The molecule has 1 amide bonds. The fourth-order valence-corrected chi connectivity index (χ4v) is 4.10. The van der Waals surface area contributed by atoms with Crippen molar-refractivity contribution < 1.29 is 4.79 Å². The van der Waals surface area contributed by atoms with Crippen molar-refractivity contribution in [3.05, 3.63) is 65.7 Å². The van der Waals surface area contributed by atoms with Gasteiger partial charge in [0.15, 0.2) is 0 Å². The van der Waals surface area contributed by atoms with Gasteiger partial charge in [0.25, 0.3) is 0 Å². The number of carbonyl (C=O) groups excluding carboxylic acids is 1. The number of alkyl halides is 1. The lowest BCUT2D eigenvalue weighted by Gasteiger charge is -2.35. The van der Waals surface area contributed by atoms with Crippen LogP contribution < -0.4 is 0 Å². The lowest BCUT2D eigenvalue weighted by atomic mass is 9.97. The second kappa shape index (κ2) is 7.12. The minimum Gasteiger partial charge on any atom is -0.334 e. The first kappa shape index (κ1) is 17.1. The van der Waals surface area contributed by atoms with Crippen LogP contribution in [0, 0.1) is 6.92 Å². The Morgan fingerprint density at radius 3 is 3.00 bits per heavy atom. The monoisotopic (exact) mass is 367 g/mol. The maximum absolute atomic E-state index is 12.6. The SMILES string of the molecule is Cc1c(CN(C(=O)CCl)C2CCn3cncc3C2)ccc2ccccc12. The standard InChI is InChI=1S/C21H22ClN3O/c1-15-17(7-6-16-4-2-3-5-20(15)16)13-25(21(26)11-22)18-8-9-24-14-23-12-19(24)10-18/h2-7,12,14,18H,8-11,13H2,1H3. The van der Waals surface area contributed by atoms with Crippen molar-refractivity contribution >= 4 is 28.3 Å². The van der Waals surface area contributed by atoms with Crippen LogP contribution in [-0.4, -0.2) is 32.3 Å². The Kier molecular flexibility index (Phi) is 4.68. The zero-order valence-electron chi connectivity index (χ0n) is 14.9. The molecule has 0 bridgehead atoms. The fourth-order valence-electron chi connectivity index (χ4n) is 3.94. The molecule has 0 fully saturated rings. The Morgan fingerprint density at radius 1 is 1.31 bits per heavy atom. The number of rotatable bonds is 4. The third-order valence-corrected chi connectivity index (χ3v) is 5.70. The average Bonchev–Trinajstić information content (AvgIpc) is 3.15. The third kappa shape index (κ3) is 3.10. The molecule has 0 aliphatic carbocycles. The van der Waals surface area contributed by atoms with Crippen LogP contribution in [0.15, 0.2) is 48.9 Å². The number of carbonyl (C=O) groups is 1. The topological polar surface area (TPSA) is 38.1 Å². The van der Waals surface area contributed by atoms with Gasteiger partial charge in [-0.1, -0.05) is 36.4 Å². The van der Waals surface area contributed by atoms with Gasteiger partial charge in [0.05, 0.1) is 6.33 Å². The smallest absolute Gasteiger partial charge is 0.238 e. The number of nitrogens with zero attached hydrogens (tertiary/aromatic N) is 3. The molecule has 1 aliphatic rings. The minimum absolute atomic E-state index is 0.00260. The van der Waals surface area contributed by atoms with Crippen LogP contribution >= 0.6 is 11.6 Å². The van der Waals surface area contributed by atoms with Crippen molar-refractivity contribution in [1.29, 1.82) is 0 Å². The number of benzene rings is 2. The summed E-state index contributed by atoms with van der Waals surface area (Å²) in [6.45, 7) is 3.63. The van der Waals surface area contributed by atoms with Gasteiger partial charge >= 0.3 is 0 Å². The van der Waals surface area contributed by atoms with E-state index >= 15 is 0 Å². The first-order valence-corrected chi connectivity index (χ1v) is 9.52. The highest BCUT2D eigenvalue weighted by Crippen LogP contribution is 2.26. The Hall–Kier alpha value is -2.33. The number of imidazole rings is 1. The van der Waals surface area contributed by atoms with Crippen LogP contribution in [0.3, 0.4) is 0 Å². The first-order valence-electron chi connectivity index (χ1n) is 8.99. The molecular formula is C21H22ClN3O. The Morgan fingerprint density at radius 2 is 2.15 bits per heavy atom. The van der Waals surface area contributed by atoms with E-state index in [1.807, 2.05) is 17.4 Å². The summed E-state index contributed by atoms with van der Waals surface area (Å²) in [6.07, 6.45) is 5.53. The van der Waals surface area contributed by atoms with Crippen molar-refractivity contribution in [2.75, 3.05) is 5.88 Å². The molecule has 1 aromatic heterocycles. The molecule has 5 heteroatoms. The van der Waals surface area contributed by atoms with Gasteiger partial charge in [0.2, 0.25) is 5.91 Å². The lowest BCUT2D eigenvalue weighted by Crippen LogP contribution is -2.44. The number of hydrogen-bond acceptors (Lipinski definition) is 2. The van der Waals surface area contributed by atoms with E-state index in [2.05, 4.69) is 52.9 Å².